The first kappa shape index (κ1) is 11.7. The highest BCUT2D eigenvalue weighted by atomic mass is 16.3. The maximum Gasteiger partial charge on any atom is 0.183 e. The van der Waals surface area contributed by atoms with Gasteiger partial charge in [-0.2, -0.15) is 0 Å². The Bertz CT molecular complexity index is 910. The standard InChI is InChI=1S/C16H11N3O2/c20-12-5-1-4-11(10-12)19-15-13(6-2-8-17-15)18-16(19)14-7-3-9-21-14/h1-10,20H. The van der Waals surface area contributed by atoms with Gasteiger partial charge in [0.2, 0.25) is 0 Å². The first-order valence-electron chi connectivity index (χ1n) is 6.50. The molecule has 0 aliphatic carbocycles. The van der Waals surface area contributed by atoms with Gasteiger partial charge in [-0.1, -0.05) is 6.07 Å². The van der Waals surface area contributed by atoms with Gasteiger partial charge in [-0.15, -0.1) is 0 Å². The minimum absolute atomic E-state index is 0.190. The molecule has 0 spiro atoms. The highest BCUT2D eigenvalue weighted by Gasteiger charge is 2.16. The van der Waals surface area contributed by atoms with Crippen LogP contribution in [0.3, 0.4) is 0 Å². The number of aromatic nitrogens is 3. The van der Waals surface area contributed by atoms with Gasteiger partial charge in [-0.05, 0) is 36.4 Å². The summed E-state index contributed by atoms with van der Waals surface area (Å²) in [5, 5.41) is 9.73. The van der Waals surface area contributed by atoms with Gasteiger partial charge in [0.15, 0.2) is 17.2 Å². The number of benzene rings is 1. The number of furan rings is 1. The summed E-state index contributed by atoms with van der Waals surface area (Å²) in [6.07, 6.45) is 3.32. The maximum atomic E-state index is 9.73. The number of rotatable bonds is 2. The molecular weight excluding hydrogens is 266 g/mol. The molecule has 0 aliphatic rings. The monoisotopic (exact) mass is 277 g/mol. The van der Waals surface area contributed by atoms with Crippen LogP contribution < -0.4 is 0 Å². The lowest BCUT2D eigenvalue weighted by molar-refractivity contribution is 0.475. The van der Waals surface area contributed by atoms with E-state index in [2.05, 4.69) is 9.97 Å². The maximum absolute atomic E-state index is 9.73. The van der Waals surface area contributed by atoms with E-state index in [1.165, 1.54) is 0 Å². The molecule has 3 heterocycles. The second kappa shape index (κ2) is 4.49. The van der Waals surface area contributed by atoms with E-state index in [9.17, 15) is 5.11 Å². The van der Waals surface area contributed by atoms with Crippen molar-refractivity contribution in [2.45, 2.75) is 0 Å². The second-order valence-corrected chi connectivity index (χ2v) is 4.61. The van der Waals surface area contributed by atoms with Crippen molar-refractivity contribution in [1.82, 2.24) is 14.5 Å². The molecule has 0 atom stereocenters. The van der Waals surface area contributed by atoms with Crippen molar-refractivity contribution in [1.29, 1.82) is 0 Å². The van der Waals surface area contributed by atoms with Crippen LogP contribution in [0.5, 0.6) is 5.75 Å². The minimum Gasteiger partial charge on any atom is -0.508 e. The van der Waals surface area contributed by atoms with Crippen LogP contribution in [0.4, 0.5) is 0 Å². The van der Waals surface area contributed by atoms with Crippen LogP contribution in [0.1, 0.15) is 0 Å². The van der Waals surface area contributed by atoms with E-state index >= 15 is 0 Å². The average Bonchev–Trinajstić information content (AvgIpc) is 3.14. The molecule has 0 saturated carbocycles. The summed E-state index contributed by atoms with van der Waals surface area (Å²) in [6, 6.07) is 14.4. The van der Waals surface area contributed by atoms with Gasteiger partial charge >= 0.3 is 0 Å². The van der Waals surface area contributed by atoms with Crippen molar-refractivity contribution in [2.75, 3.05) is 0 Å². The molecule has 1 aromatic carbocycles. The molecule has 5 heteroatoms. The lowest BCUT2D eigenvalue weighted by atomic mass is 10.3. The van der Waals surface area contributed by atoms with Gasteiger partial charge in [-0.25, -0.2) is 9.97 Å². The molecule has 102 valence electrons. The predicted octanol–water partition coefficient (Wildman–Crippen LogP) is 3.39. The van der Waals surface area contributed by atoms with Crippen LogP contribution >= 0.6 is 0 Å². The van der Waals surface area contributed by atoms with Crippen LogP contribution in [-0.4, -0.2) is 19.6 Å². The van der Waals surface area contributed by atoms with Gasteiger partial charge in [0, 0.05) is 12.3 Å². The lowest BCUT2D eigenvalue weighted by Gasteiger charge is -2.07. The smallest absolute Gasteiger partial charge is 0.183 e. The molecule has 4 rings (SSSR count). The molecule has 0 amide bonds. The van der Waals surface area contributed by atoms with Crippen molar-refractivity contribution in [2.24, 2.45) is 0 Å². The molecule has 0 fully saturated rings. The minimum atomic E-state index is 0.190. The fourth-order valence-electron chi connectivity index (χ4n) is 2.36. The van der Waals surface area contributed by atoms with Crippen LogP contribution in [0.15, 0.2) is 65.4 Å². The summed E-state index contributed by atoms with van der Waals surface area (Å²) in [7, 11) is 0. The Hall–Kier alpha value is -3.08. The number of phenolic OH excluding ortho intramolecular Hbond substituents is 1. The van der Waals surface area contributed by atoms with Crippen LogP contribution in [0.25, 0.3) is 28.4 Å². The molecule has 0 aliphatic heterocycles. The molecule has 0 unspecified atom stereocenters. The van der Waals surface area contributed by atoms with E-state index in [0.717, 1.165) is 16.9 Å². The van der Waals surface area contributed by atoms with Gasteiger partial charge in [0.05, 0.1) is 12.0 Å². The SMILES string of the molecule is Oc1cccc(-n2c(-c3ccco3)nc3cccnc32)c1. The highest BCUT2D eigenvalue weighted by Crippen LogP contribution is 2.28. The Kier molecular flexibility index (Phi) is 2.50. The number of fused-ring (bicyclic) bond motifs is 1. The zero-order chi connectivity index (χ0) is 14.2. The first-order chi connectivity index (χ1) is 10.3. The number of pyridine rings is 1. The Labute approximate surface area is 120 Å². The van der Waals surface area contributed by atoms with Crippen molar-refractivity contribution >= 4 is 11.2 Å². The van der Waals surface area contributed by atoms with Crippen LogP contribution in [0, 0.1) is 0 Å². The summed E-state index contributed by atoms with van der Waals surface area (Å²) in [5.41, 5.74) is 2.27. The normalized spacial score (nSPS) is 11.0. The number of nitrogens with zero attached hydrogens (tertiary/aromatic N) is 3. The van der Waals surface area contributed by atoms with E-state index in [1.54, 1.807) is 30.7 Å². The van der Waals surface area contributed by atoms with E-state index in [0.29, 0.717) is 11.6 Å². The molecule has 5 nitrogen and oxygen atoms in total. The zero-order valence-electron chi connectivity index (χ0n) is 11.0. The summed E-state index contributed by atoms with van der Waals surface area (Å²) in [6.45, 7) is 0. The molecular formula is C16H11N3O2. The van der Waals surface area contributed by atoms with Crippen LogP contribution in [0.2, 0.25) is 0 Å². The first-order valence-corrected chi connectivity index (χ1v) is 6.50. The second-order valence-electron chi connectivity index (χ2n) is 4.61. The molecule has 21 heavy (non-hydrogen) atoms. The van der Waals surface area contributed by atoms with Crippen molar-refractivity contribution in [3.63, 3.8) is 0 Å². The molecule has 3 aromatic heterocycles. The molecule has 0 radical (unpaired) electrons. The van der Waals surface area contributed by atoms with Crippen molar-refractivity contribution < 1.29 is 9.52 Å². The Morgan fingerprint density at radius 2 is 2.00 bits per heavy atom. The van der Waals surface area contributed by atoms with E-state index in [-0.39, 0.29) is 5.75 Å². The lowest BCUT2D eigenvalue weighted by Crippen LogP contribution is -1.97. The largest absolute Gasteiger partial charge is 0.508 e. The Morgan fingerprint density at radius 3 is 2.81 bits per heavy atom. The Balaban J connectivity index is 2.08. The summed E-state index contributed by atoms with van der Waals surface area (Å²) in [5.74, 6) is 1.49. The highest BCUT2D eigenvalue weighted by molar-refractivity contribution is 5.78. The molecule has 1 N–H and O–H groups in total. The third kappa shape index (κ3) is 1.87. The molecule has 4 aromatic rings. The molecule has 0 saturated heterocycles. The summed E-state index contributed by atoms with van der Waals surface area (Å²) >= 11 is 0. The number of hydrogen-bond donors (Lipinski definition) is 1. The summed E-state index contributed by atoms with van der Waals surface area (Å²) in [4.78, 5) is 8.98. The van der Waals surface area contributed by atoms with Crippen molar-refractivity contribution in [3.8, 4) is 23.0 Å². The van der Waals surface area contributed by atoms with Gasteiger partial charge in [-0.3, -0.25) is 4.57 Å². The zero-order valence-corrected chi connectivity index (χ0v) is 11.0. The van der Waals surface area contributed by atoms with Crippen molar-refractivity contribution in [3.05, 3.63) is 61.0 Å². The third-order valence-electron chi connectivity index (χ3n) is 3.25. The van der Waals surface area contributed by atoms with Gasteiger partial charge in [0.1, 0.15) is 11.3 Å². The van der Waals surface area contributed by atoms with Gasteiger partial charge in [0.25, 0.3) is 0 Å². The topological polar surface area (TPSA) is 64.1 Å². The molecule has 0 bridgehead atoms. The third-order valence-corrected chi connectivity index (χ3v) is 3.25. The fourth-order valence-corrected chi connectivity index (χ4v) is 2.36. The van der Waals surface area contributed by atoms with E-state index < -0.39 is 0 Å². The van der Waals surface area contributed by atoms with E-state index in [4.69, 9.17) is 4.42 Å². The van der Waals surface area contributed by atoms with Gasteiger partial charge < -0.3 is 9.52 Å². The van der Waals surface area contributed by atoms with E-state index in [1.807, 2.05) is 34.9 Å². The average molecular weight is 277 g/mol. The number of imidazole rings is 1. The Morgan fingerprint density at radius 1 is 1.05 bits per heavy atom. The quantitative estimate of drug-likeness (QED) is 0.610. The van der Waals surface area contributed by atoms with Crippen LogP contribution in [-0.2, 0) is 0 Å². The predicted molar refractivity (Wildman–Crippen MR) is 78.2 cm³/mol. The number of hydrogen-bond acceptors (Lipinski definition) is 4. The fraction of sp³-hybridized carbons (Fsp3) is 0. The number of phenols is 1. The summed E-state index contributed by atoms with van der Waals surface area (Å²) < 4.78 is 7.34. The number of aromatic hydroxyl groups is 1.